The molecule has 0 saturated heterocycles. The van der Waals surface area contributed by atoms with Crippen LogP contribution in [0.1, 0.15) is 28.5 Å². The summed E-state index contributed by atoms with van der Waals surface area (Å²) in [6, 6.07) is 18.1. The second-order valence-corrected chi connectivity index (χ2v) is 9.36. The van der Waals surface area contributed by atoms with Crippen LogP contribution in [-0.4, -0.2) is 34.2 Å². The molecule has 1 aliphatic heterocycles. The number of furan rings is 1. The molecule has 0 spiro atoms. The Labute approximate surface area is 213 Å². The number of hydrogen-bond donors (Lipinski definition) is 1. The highest BCUT2D eigenvalue weighted by atomic mass is 35.5. The molecule has 0 unspecified atom stereocenters. The van der Waals surface area contributed by atoms with Gasteiger partial charge in [-0.3, -0.25) is 19.2 Å². The fraction of sp³-hybridized carbons (Fsp3) is 0.222. The Morgan fingerprint density at radius 1 is 1.19 bits per heavy atom. The van der Waals surface area contributed by atoms with Gasteiger partial charge >= 0.3 is 0 Å². The van der Waals surface area contributed by atoms with Gasteiger partial charge in [0.15, 0.2) is 5.76 Å². The number of anilines is 1. The molecule has 0 bridgehead atoms. The van der Waals surface area contributed by atoms with Crippen molar-refractivity contribution in [1.82, 2.24) is 15.1 Å². The highest BCUT2D eigenvalue weighted by molar-refractivity contribution is 6.32. The zero-order chi connectivity index (χ0) is 25.4. The summed E-state index contributed by atoms with van der Waals surface area (Å²) in [6.45, 7) is 4.19. The first-order chi connectivity index (χ1) is 17.3. The van der Waals surface area contributed by atoms with Crippen molar-refractivity contribution in [2.24, 2.45) is 0 Å². The van der Waals surface area contributed by atoms with Gasteiger partial charge in [0.1, 0.15) is 22.7 Å². The molecule has 1 atom stereocenters. The molecule has 1 aliphatic rings. The van der Waals surface area contributed by atoms with E-state index in [1.165, 1.54) is 12.0 Å². The summed E-state index contributed by atoms with van der Waals surface area (Å²) in [4.78, 5) is 29.1. The first kappa shape index (κ1) is 23.7. The van der Waals surface area contributed by atoms with Crippen LogP contribution < -0.4 is 15.0 Å². The van der Waals surface area contributed by atoms with Crippen LogP contribution >= 0.6 is 11.6 Å². The van der Waals surface area contributed by atoms with E-state index in [2.05, 4.69) is 10.4 Å². The van der Waals surface area contributed by atoms with E-state index in [0.29, 0.717) is 40.2 Å². The average molecular weight is 505 g/mol. The number of aryl methyl sites for hydroxylation is 1. The third kappa shape index (κ3) is 4.13. The van der Waals surface area contributed by atoms with E-state index < -0.39 is 5.54 Å². The van der Waals surface area contributed by atoms with Gasteiger partial charge in [0, 0.05) is 18.3 Å². The van der Waals surface area contributed by atoms with Gasteiger partial charge in [-0.2, -0.15) is 5.10 Å². The Kier molecular flexibility index (Phi) is 6.05. The molecule has 0 radical (unpaired) electrons. The van der Waals surface area contributed by atoms with Gasteiger partial charge in [0.25, 0.3) is 5.91 Å². The van der Waals surface area contributed by atoms with Crippen molar-refractivity contribution in [2.45, 2.75) is 32.5 Å². The van der Waals surface area contributed by atoms with Crippen LogP contribution in [0, 0.1) is 6.92 Å². The number of nitrogens with zero attached hydrogens (tertiary/aromatic N) is 3. The zero-order valence-corrected chi connectivity index (χ0v) is 20.9. The maximum atomic E-state index is 13.9. The van der Waals surface area contributed by atoms with E-state index in [1.54, 1.807) is 54.3 Å². The van der Waals surface area contributed by atoms with Crippen molar-refractivity contribution in [3.05, 3.63) is 88.8 Å². The fourth-order valence-electron chi connectivity index (χ4n) is 4.40. The van der Waals surface area contributed by atoms with E-state index in [9.17, 15) is 9.59 Å². The van der Waals surface area contributed by atoms with Crippen molar-refractivity contribution in [1.29, 1.82) is 0 Å². The lowest BCUT2D eigenvalue weighted by molar-refractivity contribution is -0.126. The molecule has 9 heteroatoms. The molecule has 4 aromatic rings. The molecular weight excluding hydrogens is 480 g/mol. The minimum atomic E-state index is -1.29. The number of rotatable bonds is 6. The van der Waals surface area contributed by atoms with Gasteiger partial charge in [-0.25, -0.2) is 0 Å². The number of methoxy groups -OCH3 is 1. The van der Waals surface area contributed by atoms with E-state index in [-0.39, 0.29) is 18.4 Å². The second kappa shape index (κ2) is 9.20. The SMILES string of the molecule is COc1ccc(N2C(=O)c3cc(-c4ccco4)nn3C[C@]2(C)C(=O)NCc2ccc(C)cc2)cc1Cl. The number of aromatic nitrogens is 2. The van der Waals surface area contributed by atoms with Crippen molar-refractivity contribution < 1.29 is 18.7 Å². The smallest absolute Gasteiger partial charge is 0.277 e. The number of carbonyl (C=O) groups excluding carboxylic acids is 2. The Bertz CT molecular complexity index is 1430. The molecule has 5 rings (SSSR count). The maximum Gasteiger partial charge on any atom is 0.277 e. The predicted octanol–water partition coefficient (Wildman–Crippen LogP) is 4.85. The molecule has 3 heterocycles. The number of hydrogen-bond acceptors (Lipinski definition) is 5. The Morgan fingerprint density at radius 2 is 1.97 bits per heavy atom. The van der Waals surface area contributed by atoms with Crippen LogP contribution in [0.25, 0.3) is 11.5 Å². The minimum absolute atomic E-state index is 0.137. The van der Waals surface area contributed by atoms with E-state index >= 15 is 0 Å². The Morgan fingerprint density at radius 3 is 2.64 bits per heavy atom. The highest BCUT2D eigenvalue weighted by Crippen LogP contribution is 2.37. The van der Waals surface area contributed by atoms with Crippen molar-refractivity contribution in [2.75, 3.05) is 12.0 Å². The fourth-order valence-corrected chi connectivity index (χ4v) is 4.66. The minimum Gasteiger partial charge on any atom is -0.495 e. The summed E-state index contributed by atoms with van der Waals surface area (Å²) < 4.78 is 12.3. The molecule has 0 aliphatic carbocycles. The van der Waals surface area contributed by atoms with Gasteiger partial charge in [-0.15, -0.1) is 0 Å². The summed E-state index contributed by atoms with van der Waals surface area (Å²) in [5, 5.41) is 7.91. The van der Waals surface area contributed by atoms with Crippen LogP contribution in [0.3, 0.4) is 0 Å². The first-order valence-corrected chi connectivity index (χ1v) is 11.8. The number of carbonyl (C=O) groups is 2. The van der Waals surface area contributed by atoms with Crippen molar-refractivity contribution >= 4 is 29.1 Å². The molecular formula is C27H25ClN4O4. The van der Waals surface area contributed by atoms with Crippen molar-refractivity contribution in [3.8, 4) is 17.2 Å². The van der Waals surface area contributed by atoms with Crippen LogP contribution in [0.5, 0.6) is 5.75 Å². The molecule has 1 N–H and O–H groups in total. The summed E-state index contributed by atoms with van der Waals surface area (Å²) in [5.74, 6) is 0.319. The number of fused-ring (bicyclic) bond motifs is 1. The van der Waals surface area contributed by atoms with E-state index in [1.807, 2.05) is 31.2 Å². The molecule has 2 aromatic carbocycles. The van der Waals surface area contributed by atoms with Gasteiger partial charge in [0.05, 0.1) is 24.9 Å². The number of halogens is 1. The van der Waals surface area contributed by atoms with Gasteiger partial charge < -0.3 is 14.5 Å². The third-order valence-electron chi connectivity index (χ3n) is 6.38. The molecule has 8 nitrogen and oxygen atoms in total. The van der Waals surface area contributed by atoms with Crippen LogP contribution in [-0.2, 0) is 17.9 Å². The van der Waals surface area contributed by atoms with Gasteiger partial charge in [-0.05, 0) is 49.7 Å². The second-order valence-electron chi connectivity index (χ2n) is 8.95. The predicted molar refractivity (Wildman–Crippen MR) is 136 cm³/mol. The Hall–Kier alpha value is -4.04. The molecule has 2 aromatic heterocycles. The normalized spacial score (nSPS) is 17.1. The van der Waals surface area contributed by atoms with Gasteiger partial charge in [0.2, 0.25) is 5.91 Å². The van der Waals surface area contributed by atoms with Crippen LogP contribution in [0.4, 0.5) is 5.69 Å². The lowest BCUT2D eigenvalue weighted by atomic mass is 9.93. The molecule has 2 amide bonds. The van der Waals surface area contributed by atoms with Crippen molar-refractivity contribution in [3.63, 3.8) is 0 Å². The van der Waals surface area contributed by atoms with E-state index in [4.69, 9.17) is 20.8 Å². The topological polar surface area (TPSA) is 89.6 Å². The molecule has 0 saturated carbocycles. The third-order valence-corrected chi connectivity index (χ3v) is 6.68. The van der Waals surface area contributed by atoms with Gasteiger partial charge in [-0.1, -0.05) is 41.4 Å². The average Bonchev–Trinajstić information content (AvgIpc) is 3.54. The van der Waals surface area contributed by atoms with Crippen LogP contribution in [0.2, 0.25) is 5.02 Å². The lowest BCUT2D eigenvalue weighted by Gasteiger charge is -2.43. The summed E-state index contributed by atoms with van der Waals surface area (Å²) >= 11 is 6.40. The monoisotopic (exact) mass is 504 g/mol. The number of benzene rings is 2. The quantitative estimate of drug-likeness (QED) is 0.405. The van der Waals surface area contributed by atoms with Crippen LogP contribution in [0.15, 0.2) is 71.3 Å². The van der Waals surface area contributed by atoms with E-state index in [0.717, 1.165) is 11.1 Å². The highest BCUT2D eigenvalue weighted by Gasteiger charge is 2.49. The number of ether oxygens (including phenoxy) is 1. The molecule has 0 fully saturated rings. The first-order valence-electron chi connectivity index (χ1n) is 11.4. The Balaban J connectivity index is 1.54. The summed E-state index contributed by atoms with van der Waals surface area (Å²) in [6.07, 6.45) is 1.55. The standard InChI is InChI=1S/C27H25ClN4O4/c1-17-6-8-18(9-7-17)15-29-26(34)27(2)16-31-22(14-21(30-31)24-5-4-12-36-24)25(33)32(27)19-10-11-23(35-3)20(28)13-19/h4-14H,15-16H2,1-3H3,(H,29,34)/t27-/m1/s1. The summed E-state index contributed by atoms with van der Waals surface area (Å²) in [7, 11) is 1.52. The molecule has 184 valence electrons. The lowest BCUT2D eigenvalue weighted by Crippen LogP contribution is -2.64. The zero-order valence-electron chi connectivity index (χ0n) is 20.1. The number of nitrogens with one attached hydrogen (secondary N) is 1. The number of amides is 2. The largest absolute Gasteiger partial charge is 0.495 e. The summed E-state index contributed by atoms with van der Waals surface area (Å²) in [5.41, 5.74) is 2.14. The molecule has 36 heavy (non-hydrogen) atoms. The maximum absolute atomic E-state index is 13.9.